The standard InChI is InChI=1S/C31H51NO5.ClH/c1-21(5-10-28(33)35-4)25-8-9-26-24-7-6-22-19-23(37-29(34)20-32-15-17-36-18-16-32)11-13-30(22,2)27(24)12-14-31(25,26)3;/h21-27H,5-20H2,1-4H3;1H/t21-,22-,23-,24+,25-,26+,27+,30+,31-;/m1./s1. The van der Waals surface area contributed by atoms with Gasteiger partial charge in [0.25, 0.3) is 0 Å². The van der Waals surface area contributed by atoms with Crippen LogP contribution in [0, 0.1) is 46.3 Å². The van der Waals surface area contributed by atoms with E-state index in [-0.39, 0.29) is 30.4 Å². The average molecular weight is 554 g/mol. The predicted molar refractivity (Wildman–Crippen MR) is 150 cm³/mol. The second-order valence-electron chi connectivity index (χ2n) is 13.8. The number of halogens is 1. The van der Waals surface area contributed by atoms with Crippen LogP contribution >= 0.6 is 12.4 Å². The third kappa shape index (κ3) is 5.79. The molecule has 0 amide bonds. The lowest BCUT2D eigenvalue weighted by atomic mass is 9.44. The molecule has 1 saturated heterocycles. The fourth-order valence-electron chi connectivity index (χ4n) is 10.1. The highest BCUT2D eigenvalue weighted by atomic mass is 35.5. The van der Waals surface area contributed by atoms with E-state index in [4.69, 9.17) is 14.2 Å². The maximum Gasteiger partial charge on any atom is 0.320 e. The number of ether oxygens (including phenoxy) is 3. The van der Waals surface area contributed by atoms with Crippen molar-refractivity contribution in [3.63, 3.8) is 0 Å². The summed E-state index contributed by atoms with van der Waals surface area (Å²) in [5.74, 6) is 4.38. The van der Waals surface area contributed by atoms with E-state index in [9.17, 15) is 9.59 Å². The first-order valence-electron chi connectivity index (χ1n) is 15.3. The number of morpholine rings is 1. The average Bonchev–Trinajstić information content (AvgIpc) is 3.25. The number of methoxy groups -OCH3 is 1. The lowest BCUT2D eigenvalue weighted by Crippen LogP contribution is -2.54. The van der Waals surface area contributed by atoms with Crippen molar-refractivity contribution in [2.24, 2.45) is 46.3 Å². The first-order chi connectivity index (χ1) is 17.7. The molecule has 4 saturated carbocycles. The molecule has 9 atom stereocenters. The van der Waals surface area contributed by atoms with Crippen molar-refractivity contribution in [2.45, 2.75) is 97.5 Å². The van der Waals surface area contributed by atoms with E-state index >= 15 is 0 Å². The third-order valence-electron chi connectivity index (χ3n) is 12.2. The fourth-order valence-corrected chi connectivity index (χ4v) is 10.1. The summed E-state index contributed by atoms with van der Waals surface area (Å²) >= 11 is 0. The van der Waals surface area contributed by atoms with Crippen LogP contribution in [0.25, 0.3) is 0 Å². The van der Waals surface area contributed by atoms with Gasteiger partial charge in [-0.1, -0.05) is 20.8 Å². The van der Waals surface area contributed by atoms with Gasteiger partial charge >= 0.3 is 11.9 Å². The van der Waals surface area contributed by atoms with E-state index in [0.717, 1.165) is 56.0 Å². The highest BCUT2D eigenvalue weighted by Gasteiger charge is 2.60. The summed E-state index contributed by atoms with van der Waals surface area (Å²) in [7, 11) is 1.50. The molecule has 0 radical (unpaired) electrons. The molecule has 1 aliphatic heterocycles. The van der Waals surface area contributed by atoms with Crippen LogP contribution in [-0.2, 0) is 23.8 Å². The minimum atomic E-state index is -0.0658. The Morgan fingerprint density at radius 2 is 1.66 bits per heavy atom. The van der Waals surface area contributed by atoms with Gasteiger partial charge in [0.1, 0.15) is 6.10 Å². The van der Waals surface area contributed by atoms with Gasteiger partial charge in [0, 0.05) is 19.5 Å². The van der Waals surface area contributed by atoms with Crippen LogP contribution in [-0.4, -0.2) is 62.9 Å². The Hall–Kier alpha value is -0.850. The van der Waals surface area contributed by atoms with Gasteiger partial charge in [-0.15, -0.1) is 12.4 Å². The first-order valence-corrected chi connectivity index (χ1v) is 15.3. The maximum atomic E-state index is 12.7. The van der Waals surface area contributed by atoms with Gasteiger partial charge in [0.05, 0.1) is 26.9 Å². The van der Waals surface area contributed by atoms with Gasteiger partial charge in [-0.2, -0.15) is 0 Å². The molecule has 218 valence electrons. The van der Waals surface area contributed by atoms with E-state index < -0.39 is 0 Å². The van der Waals surface area contributed by atoms with Gasteiger partial charge in [-0.05, 0) is 111 Å². The molecule has 0 unspecified atom stereocenters. The monoisotopic (exact) mass is 553 g/mol. The zero-order valence-corrected chi connectivity index (χ0v) is 25.1. The summed E-state index contributed by atoms with van der Waals surface area (Å²) in [5.41, 5.74) is 0.818. The van der Waals surface area contributed by atoms with E-state index in [2.05, 4.69) is 25.7 Å². The Bertz CT molecular complexity index is 833. The van der Waals surface area contributed by atoms with Gasteiger partial charge in [-0.25, -0.2) is 0 Å². The van der Waals surface area contributed by atoms with Crippen molar-refractivity contribution in [3.05, 3.63) is 0 Å². The van der Waals surface area contributed by atoms with Crippen molar-refractivity contribution in [3.8, 4) is 0 Å². The summed E-state index contributed by atoms with van der Waals surface area (Å²) in [4.78, 5) is 26.6. The van der Waals surface area contributed by atoms with Crippen molar-refractivity contribution in [2.75, 3.05) is 40.0 Å². The number of carbonyl (C=O) groups excluding carboxylic acids is 2. The number of nitrogens with zero attached hydrogens (tertiary/aromatic N) is 1. The quantitative estimate of drug-likeness (QED) is 0.366. The van der Waals surface area contributed by atoms with Crippen LogP contribution in [0.1, 0.15) is 91.4 Å². The first kappa shape index (κ1) is 30.1. The number of esters is 2. The molecular weight excluding hydrogens is 502 g/mol. The summed E-state index contributed by atoms with van der Waals surface area (Å²) in [6.45, 7) is 11.1. The van der Waals surface area contributed by atoms with Crippen molar-refractivity contribution >= 4 is 24.3 Å². The molecule has 7 heteroatoms. The van der Waals surface area contributed by atoms with Crippen molar-refractivity contribution in [1.29, 1.82) is 0 Å². The molecule has 0 aromatic carbocycles. The Balaban J connectivity index is 0.00000336. The molecule has 0 spiro atoms. The maximum absolute atomic E-state index is 12.7. The number of hydrogen-bond acceptors (Lipinski definition) is 6. The largest absolute Gasteiger partial charge is 0.469 e. The molecule has 1 heterocycles. The van der Waals surface area contributed by atoms with Crippen LogP contribution in [0.4, 0.5) is 0 Å². The molecule has 38 heavy (non-hydrogen) atoms. The minimum Gasteiger partial charge on any atom is -0.469 e. The lowest BCUT2D eigenvalue weighted by Gasteiger charge is -2.61. The zero-order chi connectivity index (χ0) is 26.2. The number of rotatable bonds is 7. The van der Waals surface area contributed by atoms with E-state index in [1.807, 2.05) is 0 Å². The van der Waals surface area contributed by atoms with E-state index in [1.54, 1.807) is 0 Å². The van der Waals surface area contributed by atoms with E-state index in [0.29, 0.717) is 48.8 Å². The van der Waals surface area contributed by atoms with Gasteiger partial charge in [0.2, 0.25) is 0 Å². The molecule has 6 nitrogen and oxygen atoms in total. The van der Waals surface area contributed by atoms with Crippen molar-refractivity contribution in [1.82, 2.24) is 4.90 Å². The molecule has 5 rings (SSSR count). The van der Waals surface area contributed by atoms with E-state index in [1.165, 1.54) is 52.1 Å². The number of hydrogen-bond donors (Lipinski definition) is 0. The Labute approximate surface area is 236 Å². The summed E-state index contributed by atoms with van der Waals surface area (Å²) in [5, 5.41) is 0. The Morgan fingerprint density at radius 3 is 2.39 bits per heavy atom. The smallest absolute Gasteiger partial charge is 0.320 e. The summed E-state index contributed by atoms with van der Waals surface area (Å²) in [6.07, 6.45) is 12.9. The van der Waals surface area contributed by atoms with Gasteiger partial charge < -0.3 is 14.2 Å². The SMILES string of the molecule is COC(=O)CC[C@@H](C)[C@H]1CC[C@H]2[C@@H]3CC[C@@H]4C[C@H](OC(=O)CN5CCOCC5)CC[C@]4(C)[C@H]3CC[C@]12C.Cl. The second kappa shape index (κ2) is 12.3. The highest BCUT2D eigenvalue weighted by Crippen LogP contribution is 2.68. The van der Waals surface area contributed by atoms with Crippen LogP contribution < -0.4 is 0 Å². The molecule has 0 bridgehead atoms. The summed E-state index contributed by atoms with van der Waals surface area (Å²) < 4.78 is 16.4. The van der Waals surface area contributed by atoms with Crippen molar-refractivity contribution < 1.29 is 23.8 Å². The highest BCUT2D eigenvalue weighted by molar-refractivity contribution is 5.85. The Morgan fingerprint density at radius 1 is 0.947 bits per heavy atom. The summed E-state index contributed by atoms with van der Waals surface area (Å²) in [6, 6.07) is 0. The van der Waals surface area contributed by atoms with Gasteiger partial charge in [-0.3, -0.25) is 14.5 Å². The fraction of sp³-hybridized carbons (Fsp3) is 0.935. The zero-order valence-electron chi connectivity index (χ0n) is 24.3. The molecule has 0 aromatic heterocycles. The van der Waals surface area contributed by atoms with Crippen LogP contribution in [0.5, 0.6) is 0 Å². The third-order valence-corrected chi connectivity index (χ3v) is 12.2. The second-order valence-corrected chi connectivity index (χ2v) is 13.8. The molecule has 0 N–H and O–H groups in total. The van der Waals surface area contributed by atoms with Crippen LogP contribution in [0.3, 0.4) is 0 Å². The predicted octanol–water partition coefficient (Wildman–Crippen LogP) is 5.90. The molecule has 5 aliphatic rings. The molecule has 4 aliphatic carbocycles. The molecule has 5 fully saturated rings. The molecule has 0 aromatic rings. The minimum absolute atomic E-state index is 0. The van der Waals surface area contributed by atoms with Crippen LogP contribution in [0.2, 0.25) is 0 Å². The lowest BCUT2D eigenvalue weighted by molar-refractivity contribution is -0.164. The topological polar surface area (TPSA) is 65.1 Å². The molecular formula is C31H52ClNO5. The Kier molecular flexibility index (Phi) is 9.78. The normalized spacial score (nSPS) is 41.6. The van der Waals surface area contributed by atoms with Gasteiger partial charge in [0.15, 0.2) is 0 Å². The number of carbonyl (C=O) groups is 2. The van der Waals surface area contributed by atoms with Crippen LogP contribution in [0.15, 0.2) is 0 Å². The number of fused-ring (bicyclic) bond motifs is 5.